The molecule has 0 saturated heterocycles. The van der Waals surface area contributed by atoms with Crippen molar-refractivity contribution in [1.82, 2.24) is 4.57 Å². The fraction of sp³-hybridized carbons (Fsp3) is 0.261. The summed E-state index contributed by atoms with van der Waals surface area (Å²) in [6.45, 7) is 2.07. The van der Waals surface area contributed by atoms with Crippen LogP contribution in [0, 0.1) is 6.92 Å². The molecule has 0 fully saturated rings. The first-order valence-corrected chi connectivity index (χ1v) is 9.27. The first-order chi connectivity index (χ1) is 13.1. The Balaban J connectivity index is 1.65. The molecule has 0 saturated carbocycles. The highest BCUT2D eigenvalue weighted by atomic mass is 16.5. The van der Waals surface area contributed by atoms with E-state index in [-0.39, 0.29) is 11.8 Å². The molecule has 2 aromatic carbocycles. The van der Waals surface area contributed by atoms with Crippen LogP contribution in [0.5, 0.6) is 5.75 Å². The fourth-order valence-electron chi connectivity index (χ4n) is 4.09. The summed E-state index contributed by atoms with van der Waals surface area (Å²) >= 11 is 0. The average Bonchev–Trinajstić information content (AvgIpc) is 3.23. The number of benzene rings is 2. The van der Waals surface area contributed by atoms with Gasteiger partial charge in [-0.05, 0) is 54.2 Å². The number of nitrogens with one attached hydrogen (secondary N) is 1. The van der Waals surface area contributed by atoms with E-state index in [1.54, 1.807) is 7.11 Å². The summed E-state index contributed by atoms with van der Waals surface area (Å²) in [4.78, 5) is 13.1. The number of methoxy groups -OCH3 is 1. The summed E-state index contributed by atoms with van der Waals surface area (Å²) in [6, 6.07) is 16.2. The maximum absolute atomic E-state index is 13.1. The van der Waals surface area contributed by atoms with Crippen molar-refractivity contribution in [2.75, 3.05) is 12.4 Å². The number of aromatic nitrogens is 1. The lowest BCUT2D eigenvalue weighted by molar-refractivity contribution is -0.117. The molecule has 0 aliphatic heterocycles. The highest BCUT2D eigenvalue weighted by molar-refractivity contribution is 5.99. The number of anilines is 1. The van der Waals surface area contributed by atoms with Crippen molar-refractivity contribution >= 4 is 11.7 Å². The molecule has 0 radical (unpaired) electrons. The zero-order valence-corrected chi connectivity index (χ0v) is 16.0. The molecule has 1 atom stereocenters. The molecule has 138 valence electrons. The molecule has 1 aliphatic carbocycles. The van der Waals surface area contributed by atoms with Crippen LogP contribution >= 0.6 is 0 Å². The molecule has 3 aromatic rings. The zero-order chi connectivity index (χ0) is 19.0. The van der Waals surface area contributed by atoms with Gasteiger partial charge in [-0.3, -0.25) is 4.79 Å². The number of ether oxygens (including phenoxy) is 1. The van der Waals surface area contributed by atoms with Gasteiger partial charge in [0.1, 0.15) is 11.6 Å². The first-order valence-electron chi connectivity index (χ1n) is 9.27. The quantitative estimate of drug-likeness (QED) is 0.734. The Kier molecular flexibility index (Phi) is 4.48. The van der Waals surface area contributed by atoms with E-state index in [1.165, 1.54) is 5.56 Å². The molecule has 27 heavy (non-hydrogen) atoms. The molecule has 4 nitrogen and oxygen atoms in total. The fourth-order valence-corrected chi connectivity index (χ4v) is 4.09. The van der Waals surface area contributed by atoms with Gasteiger partial charge in [0.05, 0.1) is 13.0 Å². The summed E-state index contributed by atoms with van der Waals surface area (Å²) in [7, 11) is 3.63. The topological polar surface area (TPSA) is 43.3 Å². The highest BCUT2D eigenvalue weighted by Crippen LogP contribution is 2.37. The monoisotopic (exact) mass is 360 g/mol. The van der Waals surface area contributed by atoms with Crippen LogP contribution in [0.15, 0.2) is 54.7 Å². The number of nitrogens with zero attached hydrogens (tertiary/aromatic N) is 1. The minimum atomic E-state index is -0.0832. The van der Waals surface area contributed by atoms with Crippen molar-refractivity contribution in [2.24, 2.45) is 7.05 Å². The second-order valence-corrected chi connectivity index (χ2v) is 7.15. The Morgan fingerprint density at radius 1 is 1.15 bits per heavy atom. The lowest BCUT2D eigenvalue weighted by atomic mass is 10.00. The number of fused-ring (bicyclic) bond motifs is 1. The van der Waals surface area contributed by atoms with Crippen molar-refractivity contribution in [3.63, 3.8) is 0 Å². The van der Waals surface area contributed by atoms with Crippen LogP contribution in [0.4, 0.5) is 5.82 Å². The Labute approximate surface area is 159 Å². The molecular weight excluding hydrogens is 336 g/mol. The van der Waals surface area contributed by atoms with E-state index in [2.05, 4.69) is 30.6 Å². The van der Waals surface area contributed by atoms with Crippen LogP contribution in [0.3, 0.4) is 0 Å². The van der Waals surface area contributed by atoms with Crippen molar-refractivity contribution < 1.29 is 9.53 Å². The van der Waals surface area contributed by atoms with Crippen LogP contribution in [-0.4, -0.2) is 17.6 Å². The molecule has 4 heteroatoms. The van der Waals surface area contributed by atoms with Gasteiger partial charge in [0.15, 0.2) is 0 Å². The minimum Gasteiger partial charge on any atom is -0.497 e. The lowest BCUT2D eigenvalue weighted by Gasteiger charge is -2.15. The molecule has 1 aliphatic rings. The van der Waals surface area contributed by atoms with Crippen molar-refractivity contribution in [3.05, 3.63) is 71.4 Å². The number of aryl methyl sites for hydroxylation is 3. The third-order valence-corrected chi connectivity index (χ3v) is 5.44. The molecule has 0 spiro atoms. The second-order valence-electron chi connectivity index (χ2n) is 7.15. The van der Waals surface area contributed by atoms with E-state index in [9.17, 15) is 4.79 Å². The summed E-state index contributed by atoms with van der Waals surface area (Å²) in [5.74, 6) is 1.64. The van der Waals surface area contributed by atoms with Crippen LogP contribution < -0.4 is 10.1 Å². The van der Waals surface area contributed by atoms with Gasteiger partial charge in [0.2, 0.25) is 5.91 Å². The number of carbonyl (C=O) groups excluding carboxylic acids is 1. The number of carbonyl (C=O) groups is 1. The van der Waals surface area contributed by atoms with E-state index in [0.29, 0.717) is 0 Å². The Bertz CT molecular complexity index is 986. The summed E-state index contributed by atoms with van der Waals surface area (Å²) < 4.78 is 7.25. The minimum absolute atomic E-state index is 0.0657. The van der Waals surface area contributed by atoms with Crippen LogP contribution in [0.1, 0.15) is 29.0 Å². The summed E-state index contributed by atoms with van der Waals surface area (Å²) in [6.07, 6.45) is 3.88. The molecule has 1 heterocycles. The Morgan fingerprint density at radius 2 is 1.89 bits per heavy atom. The molecule has 0 bridgehead atoms. The largest absolute Gasteiger partial charge is 0.497 e. The molecule has 1 aromatic heterocycles. The normalized spacial score (nSPS) is 15.4. The maximum Gasteiger partial charge on any atom is 0.233 e. The first kappa shape index (κ1) is 17.4. The van der Waals surface area contributed by atoms with Gasteiger partial charge in [-0.2, -0.15) is 0 Å². The predicted molar refractivity (Wildman–Crippen MR) is 108 cm³/mol. The molecule has 1 unspecified atom stereocenters. The standard InChI is InChI=1S/C23H24N2O2/c1-15-14-25(2)22(21(15)17-8-11-18(27-3)12-9-17)24-23(26)20-13-10-16-6-4-5-7-19(16)20/h4-9,11-12,14,20H,10,13H2,1-3H3,(H,24,26). The van der Waals surface area contributed by atoms with Gasteiger partial charge in [-0.25, -0.2) is 0 Å². The highest BCUT2D eigenvalue weighted by Gasteiger charge is 2.29. The van der Waals surface area contributed by atoms with Crippen LogP contribution in [0.25, 0.3) is 11.1 Å². The third-order valence-electron chi connectivity index (χ3n) is 5.44. The van der Waals surface area contributed by atoms with E-state index < -0.39 is 0 Å². The van der Waals surface area contributed by atoms with E-state index in [4.69, 9.17) is 4.74 Å². The third kappa shape index (κ3) is 3.12. The molecular formula is C23H24N2O2. The zero-order valence-electron chi connectivity index (χ0n) is 16.0. The molecule has 1 amide bonds. The molecule has 4 rings (SSSR count). The maximum atomic E-state index is 13.1. The number of rotatable bonds is 4. The van der Waals surface area contributed by atoms with Gasteiger partial charge in [-0.15, -0.1) is 0 Å². The van der Waals surface area contributed by atoms with Gasteiger partial charge < -0.3 is 14.6 Å². The predicted octanol–water partition coefficient (Wildman–Crippen LogP) is 4.68. The smallest absolute Gasteiger partial charge is 0.233 e. The SMILES string of the molecule is COc1ccc(-c2c(C)cn(C)c2NC(=O)C2CCc3ccccc32)cc1. The lowest BCUT2D eigenvalue weighted by Crippen LogP contribution is -2.21. The average molecular weight is 360 g/mol. The number of hydrogen-bond acceptors (Lipinski definition) is 2. The van der Waals surface area contributed by atoms with Crippen LogP contribution in [-0.2, 0) is 18.3 Å². The number of amides is 1. The van der Waals surface area contributed by atoms with Crippen molar-refractivity contribution in [2.45, 2.75) is 25.7 Å². The Hall–Kier alpha value is -3.01. The Morgan fingerprint density at radius 3 is 2.63 bits per heavy atom. The van der Waals surface area contributed by atoms with Crippen molar-refractivity contribution in [3.8, 4) is 16.9 Å². The van der Waals surface area contributed by atoms with E-state index in [1.807, 2.05) is 48.0 Å². The summed E-state index contributed by atoms with van der Waals surface area (Å²) in [5.41, 5.74) is 5.70. The van der Waals surface area contributed by atoms with E-state index in [0.717, 1.165) is 46.7 Å². The number of hydrogen-bond donors (Lipinski definition) is 1. The van der Waals surface area contributed by atoms with Gasteiger partial charge in [0.25, 0.3) is 0 Å². The molecule has 1 N–H and O–H groups in total. The van der Waals surface area contributed by atoms with Crippen LogP contribution in [0.2, 0.25) is 0 Å². The second kappa shape index (κ2) is 6.95. The van der Waals surface area contributed by atoms with E-state index >= 15 is 0 Å². The van der Waals surface area contributed by atoms with Gasteiger partial charge >= 0.3 is 0 Å². The van der Waals surface area contributed by atoms with Gasteiger partial charge in [0, 0.05) is 18.8 Å². The summed E-state index contributed by atoms with van der Waals surface area (Å²) in [5, 5.41) is 3.20. The van der Waals surface area contributed by atoms with Crippen molar-refractivity contribution in [1.29, 1.82) is 0 Å². The van der Waals surface area contributed by atoms with Gasteiger partial charge in [-0.1, -0.05) is 36.4 Å².